The third-order valence-electron chi connectivity index (χ3n) is 13.6. The smallest absolute Gasteiger partial charge is 0.306 e. The molecule has 9 heteroatoms. The molecule has 78 heavy (non-hydrogen) atoms. The molecule has 0 aliphatic rings. The highest BCUT2D eigenvalue weighted by molar-refractivity contribution is 5.70. The molecule has 0 saturated heterocycles. The second-order valence-electron chi connectivity index (χ2n) is 22.3. The van der Waals surface area contributed by atoms with Crippen molar-refractivity contribution < 1.29 is 42.9 Å². The number of likely N-dealkylation sites (N-methyl/N-ethyl adjacent to an activating group) is 1. The summed E-state index contributed by atoms with van der Waals surface area (Å²) in [6.07, 6.45) is 77.5. The third kappa shape index (κ3) is 59.9. The van der Waals surface area contributed by atoms with E-state index >= 15 is 0 Å². The summed E-state index contributed by atoms with van der Waals surface area (Å²) in [6, 6.07) is 0. The van der Waals surface area contributed by atoms with E-state index in [0.29, 0.717) is 17.4 Å². The fraction of sp³-hybridized carbons (Fsp3) is 0.725. The van der Waals surface area contributed by atoms with Crippen molar-refractivity contribution in [2.45, 2.75) is 277 Å². The van der Waals surface area contributed by atoms with E-state index in [0.717, 1.165) is 96.3 Å². The number of esters is 2. The monoisotopic (exact) mass is 1090 g/mol. The average molecular weight is 1090 g/mol. The van der Waals surface area contributed by atoms with Gasteiger partial charge in [0.25, 0.3) is 0 Å². The molecule has 0 aromatic heterocycles. The van der Waals surface area contributed by atoms with Gasteiger partial charge in [-0.1, -0.05) is 252 Å². The Bertz CT molecular complexity index is 1600. The topological polar surface area (TPSA) is 111 Å². The quantitative estimate of drug-likeness (QED) is 0.0195. The van der Waals surface area contributed by atoms with Gasteiger partial charge in [0.1, 0.15) is 13.2 Å². The summed E-state index contributed by atoms with van der Waals surface area (Å²) in [6.45, 7) is 4.62. The van der Waals surface area contributed by atoms with E-state index in [9.17, 15) is 19.5 Å². The molecule has 0 aliphatic carbocycles. The number of hydrogen-bond donors (Lipinski definition) is 0. The van der Waals surface area contributed by atoms with Crippen LogP contribution in [0.5, 0.6) is 0 Å². The zero-order chi connectivity index (χ0) is 56.9. The van der Waals surface area contributed by atoms with Crippen molar-refractivity contribution in [1.29, 1.82) is 0 Å². The maximum Gasteiger partial charge on any atom is 0.306 e. The zero-order valence-electron chi connectivity index (χ0n) is 51.0. The zero-order valence-corrected chi connectivity index (χ0v) is 51.0. The molecule has 0 aliphatic heterocycles. The fourth-order valence-electron chi connectivity index (χ4n) is 8.69. The number of carbonyl (C=O) groups is 3. The molecule has 0 spiro atoms. The maximum absolute atomic E-state index is 12.9. The normalized spacial score (nSPS) is 13.4. The van der Waals surface area contributed by atoms with Gasteiger partial charge >= 0.3 is 11.9 Å². The maximum atomic E-state index is 12.9. The lowest BCUT2D eigenvalue weighted by Gasteiger charge is -2.26. The van der Waals surface area contributed by atoms with Gasteiger partial charge in [0.2, 0.25) is 0 Å². The number of carboxylic acids is 1. The lowest BCUT2D eigenvalue weighted by atomic mass is 10.0. The SMILES string of the molecule is CC/C=C\C/C=C\C/C=C\C/C=C\C/C=C\C/C=C\CCCCCCCCCCCCCCCCCCC(=O)OC(COC(=O)CCCCCCCCC/C=C\C/C=C\CCCCCC)COC(OCC[N+](C)(C)C)C(=O)[O-]. The van der Waals surface area contributed by atoms with Crippen LogP contribution in [0.1, 0.15) is 264 Å². The van der Waals surface area contributed by atoms with Crippen LogP contribution in [0.3, 0.4) is 0 Å². The summed E-state index contributed by atoms with van der Waals surface area (Å²) in [4.78, 5) is 37.4. The largest absolute Gasteiger partial charge is 0.545 e. The molecular formula is C69H119NO8. The minimum absolute atomic E-state index is 0.144. The van der Waals surface area contributed by atoms with E-state index in [1.54, 1.807) is 0 Å². The van der Waals surface area contributed by atoms with E-state index in [4.69, 9.17) is 18.9 Å². The van der Waals surface area contributed by atoms with Crippen molar-refractivity contribution in [3.63, 3.8) is 0 Å². The van der Waals surface area contributed by atoms with Crippen LogP contribution in [-0.4, -0.2) is 82.3 Å². The second kappa shape index (κ2) is 59.3. The Hall–Kier alpha value is -3.79. The fourth-order valence-corrected chi connectivity index (χ4v) is 8.69. The number of ether oxygens (including phenoxy) is 4. The summed E-state index contributed by atoms with van der Waals surface area (Å²) < 4.78 is 22.7. The van der Waals surface area contributed by atoms with Crippen LogP contribution in [0.15, 0.2) is 97.2 Å². The van der Waals surface area contributed by atoms with Gasteiger partial charge in [-0.05, 0) is 96.3 Å². The van der Waals surface area contributed by atoms with E-state index in [2.05, 4.69) is 111 Å². The standard InChI is InChI=1S/C69H119NO8/c1-6-8-10-12-14-16-18-20-22-24-26-27-28-29-30-31-32-33-34-35-36-37-38-39-40-41-42-44-46-48-50-52-54-56-58-60-67(72)78-65(64-77-69(68(73)74)75-62-61-70(3,4)5)63-76-66(71)59-57-55-53-51-49-47-45-43-25-23-21-19-17-15-13-11-9-7-2/h8,10,14,16-17,19-20,22-23,25-27,29-30,32-33,65,69H,6-7,9,11-13,15,18,21,24,28,31,34-64H2,1-5H3/b10-8-,16-14-,19-17-,22-20-,25-23-,27-26-,30-29-,33-32-. The molecular weight excluding hydrogens is 971 g/mol. The van der Waals surface area contributed by atoms with Gasteiger partial charge < -0.3 is 33.3 Å². The van der Waals surface area contributed by atoms with Crippen molar-refractivity contribution in [3.8, 4) is 0 Å². The molecule has 0 heterocycles. The van der Waals surface area contributed by atoms with Crippen LogP contribution >= 0.6 is 0 Å². The Labute approximate surface area is 480 Å². The van der Waals surface area contributed by atoms with E-state index < -0.39 is 24.3 Å². The molecule has 0 bridgehead atoms. The number of allylic oxidation sites excluding steroid dienone is 16. The predicted octanol–water partition coefficient (Wildman–Crippen LogP) is 18.0. The van der Waals surface area contributed by atoms with Crippen LogP contribution in [0.2, 0.25) is 0 Å². The van der Waals surface area contributed by atoms with Gasteiger partial charge in [0, 0.05) is 12.8 Å². The minimum atomic E-state index is -1.63. The van der Waals surface area contributed by atoms with Gasteiger partial charge in [-0.2, -0.15) is 0 Å². The molecule has 9 nitrogen and oxygen atoms in total. The van der Waals surface area contributed by atoms with Crippen molar-refractivity contribution >= 4 is 17.9 Å². The summed E-state index contributed by atoms with van der Waals surface area (Å²) >= 11 is 0. The molecule has 0 rings (SSSR count). The number of nitrogens with zero attached hydrogens (tertiary/aromatic N) is 1. The Kier molecular flexibility index (Phi) is 56.5. The first-order valence-electron chi connectivity index (χ1n) is 31.9. The first-order chi connectivity index (χ1) is 38.1. The number of aliphatic carboxylic acids is 1. The Morgan fingerprint density at radius 1 is 0.397 bits per heavy atom. The van der Waals surface area contributed by atoms with Crippen LogP contribution in [-0.2, 0) is 33.3 Å². The van der Waals surface area contributed by atoms with E-state index in [1.807, 2.05) is 21.1 Å². The highest BCUT2D eigenvalue weighted by atomic mass is 16.7. The van der Waals surface area contributed by atoms with E-state index in [1.165, 1.54) is 135 Å². The summed E-state index contributed by atoms with van der Waals surface area (Å²) in [5.74, 6) is -2.29. The number of rotatable bonds is 58. The Morgan fingerprint density at radius 3 is 1.09 bits per heavy atom. The average Bonchev–Trinajstić information content (AvgIpc) is 3.41. The van der Waals surface area contributed by atoms with Crippen LogP contribution in [0.4, 0.5) is 0 Å². The lowest BCUT2D eigenvalue weighted by molar-refractivity contribution is -0.870. The van der Waals surface area contributed by atoms with Crippen LogP contribution in [0, 0.1) is 0 Å². The lowest BCUT2D eigenvalue weighted by Crippen LogP contribution is -2.44. The third-order valence-corrected chi connectivity index (χ3v) is 13.6. The Morgan fingerprint density at radius 2 is 0.731 bits per heavy atom. The van der Waals surface area contributed by atoms with Gasteiger partial charge in [0.15, 0.2) is 12.4 Å². The van der Waals surface area contributed by atoms with Crippen LogP contribution < -0.4 is 5.11 Å². The highest BCUT2D eigenvalue weighted by Gasteiger charge is 2.22. The molecule has 0 aromatic rings. The van der Waals surface area contributed by atoms with Gasteiger partial charge in [0.05, 0.1) is 40.3 Å². The van der Waals surface area contributed by atoms with E-state index in [-0.39, 0.29) is 38.6 Å². The summed E-state index contributed by atoms with van der Waals surface area (Å²) in [7, 11) is 5.92. The van der Waals surface area contributed by atoms with Gasteiger partial charge in [-0.15, -0.1) is 0 Å². The van der Waals surface area contributed by atoms with Crippen molar-refractivity contribution in [3.05, 3.63) is 97.2 Å². The molecule has 2 atom stereocenters. The summed E-state index contributed by atoms with van der Waals surface area (Å²) in [5.41, 5.74) is 0. The molecule has 0 aromatic carbocycles. The van der Waals surface area contributed by atoms with Crippen LogP contribution in [0.25, 0.3) is 0 Å². The van der Waals surface area contributed by atoms with Crippen molar-refractivity contribution in [2.75, 3.05) is 47.5 Å². The summed E-state index contributed by atoms with van der Waals surface area (Å²) in [5, 5.41) is 11.8. The van der Waals surface area contributed by atoms with Gasteiger partial charge in [-0.25, -0.2) is 0 Å². The highest BCUT2D eigenvalue weighted by Crippen LogP contribution is 2.16. The number of hydrogen-bond acceptors (Lipinski definition) is 8. The first kappa shape index (κ1) is 74.2. The molecule has 0 fully saturated rings. The number of unbranched alkanes of at least 4 members (excludes halogenated alkanes) is 27. The number of carbonyl (C=O) groups excluding carboxylic acids is 3. The Balaban J connectivity index is 4.12. The molecule has 448 valence electrons. The van der Waals surface area contributed by atoms with Crippen molar-refractivity contribution in [1.82, 2.24) is 0 Å². The number of quaternary nitrogens is 1. The first-order valence-corrected chi connectivity index (χ1v) is 31.9. The molecule has 0 N–H and O–H groups in total. The molecule has 0 amide bonds. The number of carboxylic acid groups (broad SMARTS) is 1. The molecule has 2 unspecified atom stereocenters. The molecule has 0 saturated carbocycles. The molecule has 0 radical (unpaired) electrons. The van der Waals surface area contributed by atoms with Crippen molar-refractivity contribution in [2.24, 2.45) is 0 Å². The minimum Gasteiger partial charge on any atom is -0.545 e. The predicted molar refractivity (Wildman–Crippen MR) is 329 cm³/mol. The van der Waals surface area contributed by atoms with Gasteiger partial charge in [-0.3, -0.25) is 9.59 Å². The second-order valence-corrected chi connectivity index (χ2v) is 22.3.